The van der Waals surface area contributed by atoms with Crippen molar-refractivity contribution in [3.05, 3.63) is 35.8 Å². The van der Waals surface area contributed by atoms with Gasteiger partial charge in [0.05, 0.1) is 12.0 Å². The molecule has 0 fully saturated rings. The van der Waals surface area contributed by atoms with Gasteiger partial charge in [-0.2, -0.15) is 0 Å². The largest absolute Gasteiger partial charge is 0.515 e. The van der Waals surface area contributed by atoms with Gasteiger partial charge >= 0.3 is 0 Å². The molecule has 0 unspecified atom stereocenters. The third-order valence-corrected chi connectivity index (χ3v) is 2.49. The standard InChI is InChI=1S/C13H19NO/c1-5-10(9-15)12-8-11(6-7-14-12)13(2,3)4/h6-9,15H,5H2,1-4H3/b10-9-. The molecular formula is C13H19NO. The van der Waals surface area contributed by atoms with Crippen molar-refractivity contribution in [2.45, 2.75) is 39.5 Å². The fraction of sp³-hybridized carbons (Fsp3) is 0.462. The lowest BCUT2D eigenvalue weighted by Crippen LogP contribution is -2.11. The molecular weight excluding hydrogens is 186 g/mol. The Kier molecular flexibility index (Phi) is 3.51. The van der Waals surface area contributed by atoms with Gasteiger partial charge in [0.15, 0.2) is 0 Å². The number of hydrogen-bond donors (Lipinski definition) is 1. The van der Waals surface area contributed by atoms with E-state index in [9.17, 15) is 0 Å². The zero-order valence-electron chi connectivity index (χ0n) is 9.91. The molecule has 1 N–H and O–H groups in total. The fourth-order valence-corrected chi connectivity index (χ4v) is 1.41. The van der Waals surface area contributed by atoms with E-state index in [4.69, 9.17) is 5.11 Å². The lowest BCUT2D eigenvalue weighted by atomic mass is 9.87. The van der Waals surface area contributed by atoms with Crippen molar-refractivity contribution in [2.75, 3.05) is 0 Å². The van der Waals surface area contributed by atoms with E-state index in [2.05, 4.69) is 25.8 Å². The summed E-state index contributed by atoms with van der Waals surface area (Å²) in [7, 11) is 0. The minimum atomic E-state index is 0.117. The van der Waals surface area contributed by atoms with Crippen LogP contribution in [0.2, 0.25) is 0 Å². The first kappa shape index (κ1) is 11.8. The molecule has 0 bridgehead atoms. The van der Waals surface area contributed by atoms with Gasteiger partial charge < -0.3 is 5.11 Å². The van der Waals surface area contributed by atoms with Gasteiger partial charge in [-0.3, -0.25) is 4.98 Å². The quantitative estimate of drug-likeness (QED) is 0.747. The Morgan fingerprint density at radius 3 is 2.60 bits per heavy atom. The van der Waals surface area contributed by atoms with E-state index in [0.29, 0.717) is 0 Å². The van der Waals surface area contributed by atoms with Crippen LogP contribution in [0.3, 0.4) is 0 Å². The Hall–Kier alpha value is -1.31. The second kappa shape index (κ2) is 4.47. The van der Waals surface area contributed by atoms with E-state index >= 15 is 0 Å². The van der Waals surface area contributed by atoms with Crippen LogP contribution in [0.4, 0.5) is 0 Å². The molecule has 1 heterocycles. The predicted octanol–water partition coefficient (Wildman–Crippen LogP) is 3.69. The third kappa shape index (κ3) is 2.82. The molecule has 1 aromatic rings. The summed E-state index contributed by atoms with van der Waals surface area (Å²) in [6, 6.07) is 4.07. The van der Waals surface area contributed by atoms with Crippen LogP contribution >= 0.6 is 0 Å². The summed E-state index contributed by atoms with van der Waals surface area (Å²) in [4.78, 5) is 4.27. The number of aromatic nitrogens is 1. The molecule has 0 atom stereocenters. The summed E-state index contributed by atoms with van der Waals surface area (Å²) in [5.74, 6) is 0. The van der Waals surface area contributed by atoms with Crippen molar-refractivity contribution in [2.24, 2.45) is 0 Å². The van der Waals surface area contributed by atoms with E-state index < -0.39 is 0 Å². The summed E-state index contributed by atoms with van der Waals surface area (Å²) in [6.45, 7) is 8.51. The number of hydrogen-bond acceptors (Lipinski definition) is 2. The van der Waals surface area contributed by atoms with E-state index in [1.165, 1.54) is 5.56 Å². The third-order valence-electron chi connectivity index (χ3n) is 2.49. The van der Waals surface area contributed by atoms with Crippen molar-refractivity contribution in [3.63, 3.8) is 0 Å². The van der Waals surface area contributed by atoms with Gasteiger partial charge in [0, 0.05) is 11.8 Å². The molecule has 0 amide bonds. The Labute approximate surface area is 91.7 Å². The van der Waals surface area contributed by atoms with Crippen LogP contribution in [0.1, 0.15) is 45.4 Å². The maximum Gasteiger partial charge on any atom is 0.0845 e. The average molecular weight is 205 g/mol. The molecule has 0 aliphatic heterocycles. The number of rotatable bonds is 2. The van der Waals surface area contributed by atoms with Crippen LogP contribution in [0, 0.1) is 0 Å². The maximum absolute atomic E-state index is 9.07. The molecule has 2 nitrogen and oxygen atoms in total. The summed E-state index contributed by atoms with van der Waals surface area (Å²) < 4.78 is 0. The molecule has 0 aliphatic carbocycles. The van der Waals surface area contributed by atoms with Crippen LogP contribution in [0.5, 0.6) is 0 Å². The normalized spacial score (nSPS) is 12.9. The van der Waals surface area contributed by atoms with Gasteiger partial charge in [-0.1, -0.05) is 27.7 Å². The SMILES string of the molecule is CC/C(=C/O)c1cc(C(C)(C)C)ccn1. The van der Waals surface area contributed by atoms with E-state index in [-0.39, 0.29) is 5.41 Å². The highest BCUT2D eigenvalue weighted by atomic mass is 16.2. The van der Waals surface area contributed by atoms with E-state index in [1.807, 2.05) is 19.1 Å². The van der Waals surface area contributed by atoms with Gasteiger partial charge in [-0.05, 0) is 29.5 Å². The van der Waals surface area contributed by atoms with Crippen molar-refractivity contribution in [1.82, 2.24) is 4.98 Å². The Balaban J connectivity index is 3.14. The van der Waals surface area contributed by atoms with Crippen molar-refractivity contribution < 1.29 is 5.11 Å². The van der Waals surface area contributed by atoms with E-state index in [0.717, 1.165) is 23.9 Å². The molecule has 2 heteroatoms. The Morgan fingerprint density at radius 2 is 2.13 bits per heavy atom. The molecule has 15 heavy (non-hydrogen) atoms. The molecule has 0 saturated heterocycles. The zero-order chi connectivity index (χ0) is 11.5. The minimum absolute atomic E-state index is 0.117. The van der Waals surface area contributed by atoms with Crippen molar-refractivity contribution >= 4 is 5.57 Å². The topological polar surface area (TPSA) is 33.1 Å². The number of aliphatic hydroxyl groups is 1. The lowest BCUT2D eigenvalue weighted by Gasteiger charge is -2.19. The minimum Gasteiger partial charge on any atom is -0.515 e. The molecule has 1 rings (SSSR count). The van der Waals surface area contributed by atoms with E-state index in [1.54, 1.807) is 6.20 Å². The molecule has 0 saturated carbocycles. The van der Waals surface area contributed by atoms with Gasteiger partial charge in [0.1, 0.15) is 0 Å². The molecule has 0 spiro atoms. The highest BCUT2D eigenvalue weighted by molar-refractivity contribution is 5.61. The first-order chi connectivity index (χ1) is 6.99. The number of allylic oxidation sites excluding steroid dienone is 1. The highest BCUT2D eigenvalue weighted by Crippen LogP contribution is 2.24. The smallest absolute Gasteiger partial charge is 0.0845 e. The number of aliphatic hydroxyl groups excluding tert-OH is 1. The number of nitrogens with zero attached hydrogens (tertiary/aromatic N) is 1. The molecule has 0 radical (unpaired) electrons. The average Bonchev–Trinajstić information content (AvgIpc) is 2.19. The van der Waals surface area contributed by atoms with Gasteiger partial charge in [-0.15, -0.1) is 0 Å². The van der Waals surface area contributed by atoms with Crippen LogP contribution in [0.15, 0.2) is 24.6 Å². The Morgan fingerprint density at radius 1 is 1.47 bits per heavy atom. The zero-order valence-corrected chi connectivity index (χ0v) is 9.91. The first-order valence-corrected chi connectivity index (χ1v) is 5.29. The first-order valence-electron chi connectivity index (χ1n) is 5.29. The molecule has 0 aliphatic rings. The van der Waals surface area contributed by atoms with Gasteiger partial charge in [-0.25, -0.2) is 0 Å². The molecule has 1 aromatic heterocycles. The van der Waals surface area contributed by atoms with Crippen LogP contribution in [-0.4, -0.2) is 10.1 Å². The summed E-state index contributed by atoms with van der Waals surface area (Å²) in [5.41, 5.74) is 3.10. The molecule has 82 valence electrons. The highest BCUT2D eigenvalue weighted by Gasteiger charge is 2.14. The van der Waals surface area contributed by atoms with Crippen LogP contribution in [-0.2, 0) is 5.41 Å². The molecule has 0 aromatic carbocycles. The second-order valence-corrected chi connectivity index (χ2v) is 4.69. The van der Waals surface area contributed by atoms with Crippen molar-refractivity contribution in [3.8, 4) is 0 Å². The fourth-order valence-electron chi connectivity index (χ4n) is 1.41. The van der Waals surface area contributed by atoms with Crippen LogP contribution in [0.25, 0.3) is 5.57 Å². The van der Waals surface area contributed by atoms with Crippen molar-refractivity contribution in [1.29, 1.82) is 0 Å². The predicted molar refractivity (Wildman–Crippen MR) is 63.8 cm³/mol. The second-order valence-electron chi connectivity index (χ2n) is 4.69. The monoisotopic (exact) mass is 205 g/mol. The number of pyridine rings is 1. The van der Waals surface area contributed by atoms with Gasteiger partial charge in [0.2, 0.25) is 0 Å². The maximum atomic E-state index is 9.07. The Bertz CT molecular complexity index is 361. The lowest BCUT2D eigenvalue weighted by molar-refractivity contribution is 0.474. The van der Waals surface area contributed by atoms with Gasteiger partial charge in [0.25, 0.3) is 0 Å². The van der Waals surface area contributed by atoms with Crippen LogP contribution < -0.4 is 0 Å². The summed E-state index contributed by atoms with van der Waals surface area (Å²) >= 11 is 0. The summed E-state index contributed by atoms with van der Waals surface area (Å²) in [6.07, 6.45) is 3.74. The summed E-state index contributed by atoms with van der Waals surface area (Å²) in [5, 5.41) is 9.07.